The summed E-state index contributed by atoms with van der Waals surface area (Å²) < 4.78 is 59.4. The lowest BCUT2D eigenvalue weighted by Crippen LogP contribution is -2.42. The van der Waals surface area contributed by atoms with E-state index in [2.05, 4.69) is 0 Å². The van der Waals surface area contributed by atoms with Crippen molar-refractivity contribution in [1.82, 2.24) is 0 Å². The summed E-state index contributed by atoms with van der Waals surface area (Å²) in [6.45, 7) is -0.154. The van der Waals surface area contributed by atoms with Gasteiger partial charge < -0.3 is 10.5 Å². The van der Waals surface area contributed by atoms with Gasteiger partial charge in [-0.15, -0.1) is 0 Å². The lowest BCUT2D eigenvalue weighted by atomic mass is 9.87. The van der Waals surface area contributed by atoms with Gasteiger partial charge in [0.05, 0.1) is 17.1 Å². The number of amides is 1. The molecule has 0 saturated carbocycles. The van der Waals surface area contributed by atoms with Crippen LogP contribution < -0.4 is 10.5 Å². The fourth-order valence-corrected chi connectivity index (χ4v) is 5.61. The fraction of sp³-hybridized carbons (Fsp3) is 0.278. The third kappa shape index (κ3) is 3.27. The predicted octanol–water partition coefficient (Wildman–Crippen LogP) is 3.34. The average molecular weight is 416 g/mol. The number of nitrogens with two attached hydrogens (primary N) is 1. The van der Waals surface area contributed by atoms with E-state index in [0.717, 1.165) is 12.1 Å². The number of carbonyl (C=O) groups is 1. The van der Waals surface area contributed by atoms with Gasteiger partial charge in [0.2, 0.25) is 5.91 Å². The molecule has 0 aliphatic carbocycles. The van der Waals surface area contributed by atoms with Crippen LogP contribution in [0.25, 0.3) is 0 Å². The molecule has 0 unspecified atom stereocenters. The van der Waals surface area contributed by atoms with E-state index in [4.69, 9.17) is 22.1 Å². The molecule has 3 rings (SSSR count). The molecule has 1 atom stereocenters. The first-order chi connectivity index (χ1) is 12.7. The van der Waals surface area contributed by atoms with Crippen molar-refractivity contribution in [3.63, 3.8) is 0 Å². The van der Waals surface area contributed by atoms with Crippen LogP contribution in [0, 0.1) is 11.6 Å². The summed E-state index contributed by atoms with van der Waals surface area (Å²) in [6, 6.07) is 7.06. The van der Waals surface area contributed by atoms with Gasteiger partial charge in [-0.1, -0.05) is 11.6 Å². The molecule has 9 heteroatoms. The Labute approximate surface area is 160 Å². The molecule has 0 spiro atoms. The summed E-state index contributed by atoms with van der Waals surface area (Å²) in [4.78, 5) is 11.2. The van der Waals surface area contributed by atoms with Crippen LogP contribution in [0.3, 0.4) is 0 Å². The SMILES string of the molecule is NC(=O)CC[C@@]1(S(=O)(=O)c2ccc(Cl)cc2)CCOc2c(F)ccc(F)c21. The Kier molecular flexibility index (Phi) is 5.14. The van der Waals surface area contributed by atoms with Crippen molar-refractivity contribution < 1.29 is 26.7 Å². The van der Waals surface area contributed by atoms with E-state index in [1.165, 1.54) is 24.3 Å². The van der Waals surface area contributed by atoms with Crippen LogP contribution in [0.5, 0.6) is 5.75 Å². The number of carbonyl (C=O) groups excluding carboxylic acids is 1. The van der Waals surface area contributed by atoms with E-state index in [0.29, 0.717) is 5.02 Å². The summed E-state index contributed by atoms with van der Waals surface area (Å²) in [5, 5.41) is 0.324. The van der Waals surface area contributed by atoms with Crippen molar-refractivity contribution in [2.75, 3.05) is 6.61 Å². The Morgan fingerprint density at radius 3 is 2.41 bits per heavy atom. The standard InChI is InChI=1S/C18H16ClF2NO4S/c19-11-1-3-12(4-2-11)27(24,25)18(8-7-15(22)23)9-10-26-17-14(21)6-5-13(20)16(17)18/h1-6H,7-10H2,(H2,22,23)/t18-/m1/s1. The van der Waals surface area contributed by atoms with Gasteiger partial charge in [0, 0.05) is 17.9 Å². The molecule has 5 nitrogen and oxygen atoms in total. The minimum atomic E-state index is -4.24. The Morgan fingerprint density at radius 2 is 1.78 bits per heavy atom. The lowest BCUT2D eigenvalue weighted by Gasteiger charge is -2.38. The molecule has 144 valence electrons. The van der Waals surface area contributed by atoms with Crippen LogP contribution in [0.4, 0.5) is 8.78 Å². The van der Waals surface area contributed by atoms with Gasteiger partial charge >= 0.3 is 0 Å². The largest absolute Gasteiger partial charge is 0.490 e. The second kappa shape index (κ2) is 7.09. The predicted molar refractivity (Wildman–Crippen MR) is 95.2 cm³/mol. The highest BCUT2D eigenvalue weighted by Crippen LogP contribution is 2.50. The third-order valence-corrected chi connectivity index (χ3v) is 7.47. The number of primary amides is 1. The van der Waals surface area contributed by atoms with Gasteiger partial charge in [-0.3, -0.25) is 4.79 Å². The number of hydrogen-bond donors (Lipinski definition) is 1. The molecule has 2 N–H and O–H groups in total. The number of rotatable bonds is 5. The number of sulfone groups is 1. The van der Waals surface area contributed by atoms with Crippen LogP contribution in [0.2, 0.25) is 5.02 Å². The maximum atomic E-state index is 14.7. The molecule has 1 amide bonds. The zero-order valence-corrected chi connectivity index (χ0v) is 15.6. The first-order valence-corrected chi connectivity index (χ1v) is 9.95. The highest BCUT2D eigenvalue weighted by molar-refractivity contribution is 7.92. The summed E-state index contributed by atoms with van der Waals surface area (Å²) >= 11 is 5.83. The second-order valence-corrected chi connectivity index (χ2v) is 8.95. The van der Waals surface area contributed by atoms with Crippen molar-refractivity contribution in [1.29, 1.82) is 0 Å². The van der Waals surface area contributed by atoms with E-state index < -0.39 is 43.4 Å². The summed E-state index contributed by atoms with van der Waals surface area (Å²) in [6.07, 6.45) is -0.773. The molecule has 0 saturated heterocycles. The number of hydrogen-bond acceptors (Lipinski definition) is 4. The molecular formula is C18H16ClF2NO4S. The Hall–Kier alpha value is -2.19. The van der Waals surface area contributed by atoms with Crippen LogP contribution >= 0.6 is 11.6 Å². The molecule has 0 bridgehead atoms. The summed E-state index contributed by atoms with van der Waals surface area (Å²) in [5.41, 5.74) is 4.80. The van der Waals surface area contributed by atoms with E-state index in [-0.39, 0.29) is 30.8 Å². The topological polar surface area (TPSA) is 86.5 Å². The van der Waals surface area contributed by atoms with Crippen molar-refractivity contribution in [3.8, 4) is 5.75 Å². The minimum absolute atomic E-state index is 0.118. The van der Waals surface area contributed by atoms with Gasteiger partial charge in [-0.05, 0) is 42.8 Å². The number of ether oxygens (including phenoxy) is 1. The number of halogens is 3. The minimum Gasteiger partial charge on any atom is -0.490 e. The van der Waals surface area contributed by atoms with Crippen molar-refractivity contribution >= 4 is 27.3 Å². The van der Waals surface area contributed by atoms with E-state index >= 15 is 0 Å². The van der Waals surface area contributed by atoms with Gasteiger partial charge in [0.1, 0.15) is 10.6 Å². The first kappa shape index (κ1) is 19.6. The fourth-order valence-electron chi connectivity index (χ4n) is 3.36. The van der Waals surface area contributed by atoms with Crippen molar-refractivity contribution in [3.05, 3.63) is 58.6 Å². The summed E-state index contributed by atoms with van der Waals surface area (Å²) in [5.74, 6) is -3.00. The Morgan fingerprint density at radius 1 is 1.15 bits per heavy atom. The first-order valence-electron chi connectivity index (χ1n) is 8.09. The molecule has 27 heavy (non-hydrogen) atoms. The molecule has 1 aliphatic heterocycles. The van der Waals surface area contributed by atoms with Crippen LogP contribution in [0.1, 0.15) is 24.8 Å². The van der Waals surface area contributed by atoms with Gasteiger partial charge in [0.15, 0.2) is 21.4 Å². The van der Waals surface area contributed by atoms with Crippen molar-refractivity contribution in [2.24, 2.45) is 5.73 Å². The number of benzene rings is 2. The van der Waals surface area contributed by atoms with Crippen molar-refractivity contribution in [2.45, 2.75) is 28.9 Å². The van der Waals surface area contributed by atoms with E-state index in [1.54, 1.807) is 0 Å². The zero-order chi connectivity index (χ0) is 19.8. The van der Waals surface area contributed by atoms with Gasteiger partial charge in [-0.25, -0.2) is 17.2 Å². The molecule has 1 heterocycles. The van der Waals surface area contributed by atoms with Gasteiger partial charge in [0.25, 0.3) is 0 Å². The zero-order valence-electron chi connectivity index (χ0n) is 14.0. The Balaban J connectivity index is 2.29. The average Bonchev–Trinajstić information content (AvgIpc) is 2.63. The lowest BCUT2D eigenvalue weighted by molar-refractivity contribution is -0.118. The third-order valence-electron chi connectivity index (χ3n) is 4.68. The monoisotopic (exact) mass is 415 g/mol. The smallest absolute Gasteiger partial charge is 0.217 e. The molecule has 2 aromatic rings. The van der Waals surface area contributed by atoms with E-state index in [9.17, 15) is 22.0 Å². The van der Waals surface area contributed by atoms with E-state index in [1.807, 2.05) is 0 Å². The molecule has 0 radical (unpaired) electrons. The molecular weight excluding hydrogens is 400 g/mol. The van der Waals surface area contributed by atoms with Crippen LogP contribution in [0.15, 0.2) is 41.3 Å². The molecule has 2 aromatic carbocycles. The van der Waals surface area contributed by atoms with Gasteiger partial charge in [-0.2, -0.15) is 0 Å². The highest BCUT2D eigenvalue weighted by Gasteiger charge is 2.52. The normalized spacial score (nSPS) is 19.2. The molecule has 1 aliphatic rings. The maximum absolute atomic E-state index is 14.7. The molecule has 0 fully saturated rings. The molecule has 0 aromatic heterocycles. The van der Waals surface area contributed by atoms with Crippen LogP contribution in [-0.2, 0) is 19.4 Å². The quantitative estimate of drug-likeness (QED) is 0.811. The summed E-state index contributed by atoms with van der Waals surface area (Å²) in [7, 11) is -4.24. The van der Waals surface area contributed by atoms with Crippen LogP contribution in [-0.4, -0.2) is 20.9 Å². The maximum Gasteiger partial charge on any atom is 0.217 e. The number of fused-ring (bicyclic) bond motifs is 1. The second-order valence-electron chi connectivity index (χ2n) is 6.25. The highest BCUT2D eigenvalue weighted by atomic mass is 35.5. The Bertz CT molecular complexity index is 995.